The van der Waals surface area contributed by atoms with Gasteiger partial charge >= 0.3 is 6.01 Å². The summed E-state index contributed by atoms with van der Waals surface area (Å²) in [5.74, 6) is -2.29. The van der Waals surface area contributed by atoms with E-state index in [1.54, 1.807) is 24.3 Å². The van der Waals surface area contributed by atoms with E-state index in [0.29, 0.717) is 30.3 Å². The molecule has 2 aliphatic rings. The third kappa shape index (κ3) is 5.06. The highest BCUT2D eigenvalue weighted by molar-refractivity contribution is 7.91. The average molecular weight is 550 g/mol. The van der Waals surface area contributed by atoms with Crippen molar-refractivity contribution in [2.45, 2.75) is 36.9 Å². The van der Waals surface area contributed by atoms with Crippen molar-refractivity contribution in [3.05, 3.63) is 52.8 Å². The van der Waals surface area contributed by atoms with Crippen LogP contribution in [0.4, 0.5) is 16.1 Å². The van der Waals surface area contributed by atoms with Gasteiger partial charge in [0.25, 0.3) is 5.89 Å². The summed E-state index contributed by atoms with van der Waals surface area (Å²) in [4.78, 5) is 16.0. The Morgan fingerprint density at radius 2 is 1.95 bits per heavy atom. The summed E-state index contributed by atoms with van der Waals surface area (Å²) in [6.07, 6.45) is 0. The fraction of sp³-hybridized carbons (Fsp3) is 0.375. The molecule has 0 bridgehead atoms. The molecule has 0 aliphatic carbocycles. The number of morpholine rings is 1. The number of nitrogens with two attached hydrogens (primary N) is 1. The first-order chi connectivity index (χ1) is 17.4. The van der Waals surface area contributed by atoms with Gasteiger partial charge in [-0.05, 0) is 43.7 Å². The largest absolute Gasteiger partial charge is 0.403 e. The molecule has 1 atom stereocenters. The van der Waals surface area contributed by atoms with Gasteiger partial charge in [0.1, 0.15) is 5.82 Å². The number of aromatic nitrogens is 2. The van der Waals surface area contributed by atoms with Crippen LogP contribution in [0.1, 0.15) is 19.4 Å². The predicted octanol–water partition coefficient (Wildman–Crippen LogP) is 2.79. The Morgan fingerprint density at radius 3 is 2.65 bits per heavy atom. The van der Waals surface area contributed by atoms with Crippen molar-refractivity contribution >= 4 is 39.0 Å². The monoisotopic (exact) mass is 549 g/mol. The third-order valence-corrected chi connectivity index (χ3v) is 8.30. The predicted molar refractivity (Wildman–Crippen MR) is 135 cm³/mol. The first kappa shape index (κ1) is 25.6. The van der Waals surface area contributed by atoms with Crippen LogP contribution in [0.15, 0.2) is 45.7 Å². The fourth-order valence-electron chi connectivity index (χ4n) is 4.45. The molecule has 13 heteroatoms. The van der Waals surface area contributed by atoms with E-state index < -0.39 is 39.0 Å². The number of carbonyl (C=O) groups is 1. The molecule has 5 rings (SSSR count). The van der Waals surface area contributed by atoms with Crippen LogP contribution in [0.5, 0.6) is 0 Å². The summed E-state index contributed by atoms with van der Waals surface area (Å²) >= 11 is 5.98. The first-order valence-corrected chi connectivity index (χ1v) is 13.6. The van der Waals surface area contributed by atoms with Gasteiger partial charge in [-0.1, -0.05) is 28.8 Å². The number of hydrogen-bond acceptors (Lipinski definition) is 9. The van der Waals surface area contributed by atoms with Crippen molar-refractivity contribution in [2.75, 3.05) is 35.2 Å². The van der Waals surface area contributed by atoms with Gasteiger partial charge in [-0.25, -0.2) is 12.8 Å². The Bertz CT molecular complexity index is 1460. The molecule has 2 aromatic carbocycles. The van der Waals surface area contributed by atoms with Crippen molar-refractivity contribution in [1.82, 2.24) is 10.2 Å². The van der Waals surface area contributed by atoms with E-state index in [1.807, 2.05) is 18.7 Å². The van der Waals surface area contributed by atoms with Crippen molar-refractivity contribution in [2.24, 2.45) is 5.73 Å². The Labute approximate surface area is 218 Å². The van der Waals surface area contributed by atoms with Gasteiger partial charge in [-0.2, -0.15) is 0 Å². The van der Waals surface area contributed by atoms with Crippen molar-refractivity contribution in [1.29, 1.82) is 0 Å². The first-order valence-electron chi connectivity index (χ1n) is 11.5. The molecule has 1 fully saturated rings. The smallest absolute Gasteiger partial charge is 0.318 e. The molecular formula is C24H25ClFN5O5S. The zero-order chi connectivity index (χ0) is 26.5. The van der Waals surface area contributed by atoms with Crippen LogP contribution in [0, 0.1) is 5.82 Å². The molecule has 1 aromatic heterocycles. The number of halogens is 2. The minimum Gasteiger partial charge on any atom is -0.403 e. The van der Waals surface area contributed by atoms with Crippen molar-refractivity contribution < 1.29 is 26.8 Å². The highest BCUT2D eigenvalue weighted by Gasteiger charge is 2.38. The van der Waals surface area contributed by atoms with Crippen molar-refractivity contribution in [3.8, 4) is 11.5 Å². The number of sulfone groups is 1. The molecule has 3 heterocycles. The van der Waals surface area contributed by atoms with Gasteiger partial charge in [-0.3, -0.25) is 4.79 Å². The number of rotatable bonds is 4. The van der Waals surface area contributed by atoms with Crippen molar-refractivity contribution in [3.63, 3.8) is 0 Å². The van der Waals surface area contributed by atoms with E-state index in [9.17, 15) is 13.2 Å². The topological polar surface area (TPSA) is 132 Å². The van der Waals surface area contributed by atoms with Gasteiger partial charge < -0.3 is 24.7 Å². The zero-order valence-corrected chi connectivity index (χ0v) is 21.7. The van der Waals surface area contributed by atoms with Gasteiger partial charge in [0.05, 0.1) is 53.2 Å². The fourth-order valence-corrected chi connectivity index (χ4v) is 6.14. The molecule has 10 nitrogen and oxygen atoms in total. The number of ether oxygens (including phenoxy) is 1. The Hall–Kier alpha value is -3.06. The Balaban J connectivity index is 1.58. The molecule has 37 heavy (non-hydrogen) atoms. The van der Waals surface area contributed by atoms with Crippen LogP contribution < -0.4 is 15.5 Å². The highest BCUT2D eigenvalue weighted by Crippen LogP contribution is 2.37. The van der Waals surface area contributed by atoms with Crippen LogP contribution in [-0.2, 0) is 25.9 Å². The number of amides is 1. The molecular weight excluding hydrogens is 525 g/mol. The molecule has 0 spiro atoms. The molecule has 2 N–H and O–H groups in total. The number of carbonyl (C=O) groups excluding carboxylic acids is 1. The van der Waals surface area contributed by atoms with E-state index in [1.165, 1.54) is 11.0 Å². The molecule has 3 aromatic rings. The van der Waals surface area contributed by atoms with Gasteiger partial charge in [0, 0.05) is 11.6 Å². The minimum atomic E-state index is -4.08. The van der Waals surface area contributed by atoms with Crippen LogP contribution in [-0.4, -0.2) is 61.6 Å². The average Bonchev–Trinajstić information content (AvgIpc) is 3.30. The lowest BCUT2D eigenvalue weighted by molar-refractivity contribution is -0.119. The SMILES string of the molecule is CC1(C)CN(c2nnc(-c3cc4c(cc3F)S(=O)(=O)C[C@H](N)C(=O)N4Cc3ccc(Cl)cc3)o2)CCO1. The molecule has 196 valence electrons. The summed E-state index contributed by atoms with van der Waals surface area (Å²) in [6, 6.07) is 7.70. The van der Waals surface area contributed by atoms with Gasteiger partial charge in [-0.15, -0.1) is 5.10 Å². The maximum atomic E-state index is 15.3. The van der Waals surface area contributed by atoms with Crippen LogP contribution in [0.25, 0.3) is 11.5 Å². The van der Waals surface area contributed by atoms with E-state index in [-0.39, 0.29) is 34.6 Å². The van der Waals surface area contributed by atoms with E-state index in [2.05, 4.69) is 10.2 Å². The molecule has 0 radical (unpaired) electrons. The number of benzene rings is 2. The second kappa shape index (κ2) is 9.35. The summed E-state index contributed by atoms with van der Waals surface area (Å²) in [7, 11) is -4.08. The van der Waals surface area contributed by atoms with Crippen LogP contribution in [0.2, 0.25) is 5.02 Å². The van der Waals surface area contributed by atoms with E-state index in [0.717, 1.165) is 6.07 Å². The van der Waals surface area contributed by atoms with Gasteiger partial charge in [0.15, 0.2) is 9.84 Å². The lowest BCUT2D eigenvalue weighted by atomic mass is 10.1. The maximum absolute atomic E-state index is 15.3. The summed E-state index contributed by atoms with van der Waals surface area (Å²) in [6.45, 7) is 5.31. The highest BCUT2D eigenvalue weighted by atomic mass is 35.5. The molecule has 2 aliphatic heterocycles. The van der Waals surface area contributed by atoms with Gasteiger partial charge in [0.2, 0.25) is 5.91 Å². The third-order valence-electron chi connectivity index (χ3n) is 6.25. The summed E-state index contributed by atoms with van der Waals surface area (Å²) < 4.78 is 52.9. The zero-order valence-electron chi connectivity index (χ0n) is 20.1. The molecule has 0 unspecified atom stereocenters. The molecule has 1 saturated heterocycles. The molecule has 0 saturated carbocycles. The lowest BCUT2D eigenvalue weighted by Gasteiger charge is -2.36. The number of anilines is 2. The van der Waals surface area contributed by atoms with E-state index >= 15 is 4.39 Å². The van der Waals surface area contributed by atoms with Crippen LogP contribution >= 0.6 is 11.6 Å². The maximum Gasteiger partial charge on any atom is 0.318 e. The Morgan fingerprint density at radius 1 is 1.22 bits per heavy atom. The number of nitrogens with zero attached hydrogens (tertiary/aromatic N) is 4. The second-order valence-electron chi connectivity index (χ2n) is 9.66. The van der Waals surface area contributed by atoms with Crippen LogP contribution in [0.3, 0.4) is 0 Å². The second-order valence-corrected chi connectivity index (χ2v) is 12.1. The summed E-state index contributed by atoms with van der Waals surface area (Å²) in [5.41, 5.74) is 6.05. The normalized spacial score (nSPS) is 21.0. The summed E-state index contributed by atoms with van der Waals surface area (Å²) in [5, 5.41) is 8.57. The van der Waals surface area contributed by atoms with E-state index in [4.69, 9.17) is 26.5 Å². The standard InChI is InChI=1S/C24H25ClFN5O5S/c1-24(2)13-30(7-8-35-24)23-29-28-21(36-23)16-9-19-20(10-17(16)26)37(33,34)12-18(27)22(32)31(19)11-14-3-5-15(25)6-4-14/h3-6,9-10,18H,7-8,11-13,27H2,1-2H3/t18-/m0/s1. The molecule has 1 amide bonds. The lowest BCUT2D eigenvalue weighted by Crippen LogP contribution is -2.48. The minimum absolute atomic E-state index is 0.00472. The quantitative estimate of drug-likeness (QED) is 0.521. The number of hydrogen-bond donors (Lipinski definition) is 1. The number of fused-ring (bicyclic) bond motifs is 1. The Kier molecular flexibility index (Phi) is 6.47.